The molecule has 0 radical (unpaired) electrons. The standard InChI is InChI=1S/C20H20ClN3O2S/c1-12-7-4-5-9-15(12)23-20-24(3)19(26)17(27-20)11-18(25)22-16-10-6-8-14(21)13(16)2/h4-10,17H,11H2,1-3H3,(H,22,25)/t17-/m1/s1. The van der Waals surface area contributed by atoms with E-state index in [9.17, 15) is 9.59 Å². The number of amidine groups is 1. The number of nitrogens with zero attached hydrogens (tertiary/aromatic N) is 2. The Bertz CT molecular complexity index is 929. The number of para-hydroxylation sites is 1. The predicted molar refractivity (Wildman–Crippen MR) is 112 cm³/mol. The fourth-order valence-corrected chi connectivity index (χ4v) is 4.02. The zero-order valence-corrected chi connectivity index (χ0v) is 16.9. The highest BCUT2D eigenvalue weighted by atomic mass is 35.5. The summed E-state index contributed by atoms with van der Waals surface area (Å²) in [5, 5.41) is 3.54. The van der Waals surface area contributed by atoms with Crippen LogP contribution >= 0.6 is 23.4 Å². The summed E-state index contributed by atoms with van der Waals surface area (Å²) in [7, 11) is 1.69. The van der Waals surface area contributed by atoms with E-state index in [0.717, 1.165) is 16.8 Å². The number of carbonyl (C=O) groups excluding carboxylic acids is 2. The van der Waals surface area contributed by atoms with Gasteiger partial charge in [0.2, 0.25) is 11.8 Å². The summed E-state index contributed by atoms with van der Waals surface area (Å²) in [5.41, 5.74) is 3.31. The molecule has 2 aromatic rings. The Hall–Kier alpha value is -2.31. The van der Waals surface area contributed by atoms with Gasteiger partial charge in [-0.1, -0.05) is 47.6 Å². The zero-order chi connectivity index (χ0) is 19.6. The highest BCUT2D eigenvalue weighted by molar-refractivity contribution is 8.15. The van der Waals surface area contributed by atoms with Crippen LogP contribution in [0.2, 0.25) is 5.02 Å². The van der Waals surface area contributed by atoms with Crippen molar-refractivity contribution >= 4 is 51.7 Å². The third-order valence-corrected chi connectivity index (χ3v) is 6.02. The van der Waals surface area contributed by atoms with Crippen molar-refractivity contribution in [3.05, 3.63) is 58.6 Å². The minimum Gasteiger partial charge on any atom is -0.326 e. The third-order valence-electron chi connectivity index (χ3n) is 4.38. The first-order valence-corrected chi connectivity index (χ1v) is 9.76. The van der Waals surface area contributed by atoms with Gasteiger partial charge in [0.15, 0.2) is 5.17 Å². The van der Waals surface area contributed by atoms with Gasteiger partial charge in [-0.3, -0.25) is 14.5 Å². The molecule has 1 fully saturated rings. The first kappa shape index (κ1) is 19.5. The van der Waals surface area contributed by atoms with E-state index in [1.807, 2.05) is 38.1 Å². The molecular formula is C20H20ClN3O2S. The van der Waals surface area contributed by atoms with Crippen molar-refractivity contribution in [2.24, 2.45) is 4.99 Å². The Morgan fingerprint density at radius 3 is 2.70 bits per heavy atom. The van der Waals surface area contributed by atoms with E-state index in [0.29, 0.717) is 15.9 Å². The van der Waals surface area contributed by atoms with E-state index in [2.05, 4.69) is 10.3 Å². The summed E-state index contributed by atoms with van der Waals surface area (Å²) in [4.78, 5) is 31.1. The van der Waals surface area contributed by atoms with Crippen LogP contribution in [0.3, 0.4) is 0 Å². The Morgan fingerprint density at radius 2 is 1.96 bits per heavy atom. The van der Waals surface area contributed by atoms with Crippen LogP contribution in [0.15, 0.2) is 47.5 Å². The molecule has 1 atom stereocenters. The van der Waals surface area contributed by atoms with Crippen molar-refractivity contribution < 1.29 is 9.59 Å². The second-order valence-electron chi connectivity index (χ2n) is 6.35. The molecule has 5 nitrogen and oxygen atoms in total. The molecule has 1 saturated heterocycles. The fraction of sp³-hybridized carbons (Fsp3) is 0.250. The average Bonchev–Trinajstić information content (AvgIpc) is 2.89. The summed E-state index contributed by atoms with van der Waals surface area (Å²) in [6.07, 6.45) is 0.0760. The number of rotatable bonds is 4. The number of halogens is 1. The van der Waals surface area contributed by atoms with Gasteiger partial charge < -0.3 is 5.32 Å². The van der Waals surface area contributed by atoms with Crippen LogP contribution in [0.25, 0.3) is 0 Å². The van der Waals surface area contributed by atoms with Crippen molar-refractivity contribution in [2.45, 2.75) is 25.5 Å². The minimum absolute atomic E-state index is 0.0760. The Balaban J connectivity index is 1.71. The number of thioether (sulfide) groups is 1. The molecule has 2 aromatic carbocycles. The number of carbonyl (C=O) groups is 2. The van der Waals surface area contributed by atoms with Gasteiger partial charge in [0.05, 0.1) is 5.69 Å². The molecule has 1 aliphatic heterocycles. The van der Waals surface area contributed by atoms with Gasteiger partial charge in [-0.25, -0.2) is 4.99 Å². The van der Waals surface area contributed by atoms with Crippen LogP contribution in [-0.2, 0) is 9.59 Å². The van der Waals surface area contributed by atoms with E-state index in [-0.39, 0.29) is 18.2 Å². The molecule has 140 valence electrons. The van der Waals surface area contributed by atoms with Crippen molar-refractivity contribution in [3.8, 4) is 0 Å². The van der Waals surface area contributed by atoms with Crippen molar-refractivity contribution in [3.63, 3.8) is 0 Å². The van der Waals surface area contributed by atoms with Gasteiger partial charge in [-0.2, -0.15) is 0 Å². The van der Waals surface area contributed by atoms with Crippen molar-refractivity contribution in [2.75, 3.05) is 12.4 Å². The molecule has 0 spiro atoms. The first-order valence-electron chi connectivity index (χ1n) is 8.50. The van der Waals surface area contributed by atoms with Crippen LogP contribution in [-0.4, -0.2) is 34.2 Å². The summed E-state index contributed by atoms with van der Waals surface area (Å²) >= 11 is 7.40. The lowest BCUT2D eigenvalue weighted by molar-refractivity contribution is -0.127. The molecule has 0 aliphatic carbocycles. The molecule has 0 bridgehead atoms. The summed E-state index contributed by atoms with van der Waals surface area (Å²) in [5.74, 6) is -0.345. The zero-order valence-electron chi connectivity index (χ0n) is 15.3. The predicted octanol–water partition coefficient (Wildman–Crippen LogP) is 4.55. The molecule has 1 heterocycles. The maximum Gasteiger partial charge on any atom is 0.242 e. The van der Waals surface area contributed by atoms with Crippen LogP contribution in [0.5, 0.6) is 0 Å². The Kier molecular flexibility index (Phi) is 5.87. The molecule has 1 N–H and O–H groups in total. The van der Waals surface area contributed by atoms with E-state index in [1.165, 1.54) is 16.7 Å². The molecule has 0 aromatic heterocycles. The second kappa shape index (κ2) is 8.15. The lowest BCUT2D eigenvalue weighted by Crippen LogP contribution is -2.30. The van der Waals surface area contributed by atoms with Crippen molar-refractivity contribution in [1.82, 2.24) is 4.90 Å². The largest absolute Gasteiger partial charge is 0.326 e. The molecule has 2 amide bonds. The van der Waals surface area contributed by atoms with E-state index < -0.39 is 5.25 Å². The van der Waals surface area contributed by atoms with Crippen LogP contribution in [0.4, 0.5) is 11.4 Å². The summed E-state index contributed by atoms with van der Waals surface area (Å²) in [6, 6.07) is 13.1. The maximum atomic E-state index is 12.5. The van der Waals surface area contributed by atoms with Gasteiger partial charge in [0.1, 0.15) is 5.25 Å². The normalized spacial score (nSPS) is 18.2. The number of hydrogen-bond donors (Lipinski definition) is 1. The molecule has 0 unspecified atom stereocenters. The van der Waals surface area contributed by atoms with Gasteiger partial charge in [-0.05, 0) is 43.2 Å². The summed E-state index contributed by atoms with van der Waals surface area (Å²) in [6.45, 7) is 3.81. The molecule has 7 heteroatoms. The molecule has 1 aliphatic rings. The number of benzene rings is 2. The van der Waals surface area contributed by atoms with Gasteiger partial charge in [0.25, 0.3) is 0 Å². The highest BCUT2D eigenvalue weighted by Gasteiger charge is 2.37. The molecular weight excluding hydrogens is 382 g/mol. The second-order valence-corrected chi connectivity index (χ2v) is 7.93. The number of anilines is 1. The van der Waals surface area contributed by atoms with Gasteiger partial charge in [0, 0.05) is 24.2 Å². The Morgan fingerprint density at radius 1 is 1.22 bits per heavy atom. The quantitative estimate of drug-likeness (QED) is 0.817. The SMILES string of the molecule is Cc1ccccc1N=C1S[C@H](CC(=O)Nc2cccc(Cl)c2C)C(=O)N1C. The fourth-order valence-electron chi connectivity index (χ4n) is 2.70. The molecule has 3 rings (SSSR count). The smallest absolute Gasteiger partial charge is 0.242 e. The Labute approximate surface area is 167 Å². The van der Waals surface area contributed by atoms with Gasteiger partial charge >= 0.3 is 0 Å². The lowest BCUT2D eigenvalue weighted by atomic mass is 10.2. The minimum atomic E-state index is -0.489. The summed E-state index contributed by atoms with van der Waals surface area (Å²) < 4.78 is 0. The monoisotopic (exact) mass is 401 g/mol. The number of aryl methyl sites for hydroxylation is 1. The van der Waals surface area contributed by atoms with Crippen LogP contribution < -0.4 is 5.32 Å². The van der Waals surface area contributed by atoms with Gasteiger partial charge in [-0.15, -0.1) is 0 Å². The number of aliphatic imine (C=N–C) groups is 1. The number of amides is 2. The first-order chi connectivity index (χ1) is 12.9. The van der Waals surface area contributed by atoms with Crippen molar-refractivity contribution in [1.29, 1.82) is 0 Å². The third kappa shape index (κ3) is 4.34. The van der Waals surface area contributed by atoms with E-state index in [1.54, 1.807) is 25.2 Å². The topological polar surface area (TPSA) is 61.8 Å². The number of nitrogens with one attached hydrogen (secondary N) is 1. The lowest BCUT2D eigenvalue weighted by Gasteiger charge is -2.11. The number of hydrogen-bond acceptors (Lipinski definition) is 4. The molecule has 0 saturated carbocycles. The van der Waals surface area contributed by atoms with Crippen LogP contribution in [0.1, 0.15) is 17.5 Å². The van der Waals surface area contributed by atoms with Crippen LogP contribution in [0, 0.1) is 13.8 Å². The van der Waals surface area contributed by atoms with E-state index in [4.69, 9.17) is 11.6 Å². The molecule has 27 heavy (non-hydrogen) atoms. The highest BCUT2D eigenvalue weighted by Crippen LogP contribution is 2.32. The van der Waals surface area contributed by atoms with E-state index >= 15 is 0 Å². The average molecular weight is 402 g/mol. The maximum absolute atomic E-state index is 12.5.